The zero-order chi connectivity index (χ0) is 32.6. The zero-order valence-corrected chi connectivity index (χ0v) is 28.1. The van der Waals surface area contributed by atoms with Gasteiger partial charge in [0.05, 0.1) is 24.8 Å². The third-order valence-electron chi connectivity index (χ3n) is 7.00. The molecule has 0 saturated heterocycles. The Labute approximate surface area is 270 Å². The maximum atomic E-state index is 14.3. The first-order valence-electron chi connectivity index (χ1n) is 14.1. The fraction of sp³-hybridized carbons (Fsp3) is 0.375. The number of benzene rings is 3. The Morgan fingerprint density at radius 1 is 0.932 bits per heavy atom. The lowest BCUT2D eigenvalue weighted by molar-refractivity contribution is -0.140. The van der Waals surface area contributed by atoms with Crippen molar-refractivity contribution in [2.24, 2.45) is 5.92 Å². The summed E-state index contributed by atoms with van der Waals surface area (Å²) in [5.41, 5.74) is 1.63. The molecule has 0 spiro atoms. The minimum Gasteiger partial charge on any atom is -0.493 e. The molecule has 12 heteroatoms. The summed E-state index contributed by atoms with van der Waals surface area (Å²) in [6.07, 6.45) is 0.269. The molecule has 238 valence electrons. The van der Waals surface area contributed by atoms with Gasteiger partial charge in [0, 0.05) is 34.8 Å². The topological polar surface area (TPSA) is 105 Å². The van der Waals surface area contributed by atoms with E-state index in [0.717, 1.165) is 9.87 Å². The first-order chi connectivity index (χ1) is 20.8. The molecule has 1 atom stereocenters. The number of hydrogen-bond acceptors (Lipinski definition) is 6. The van der Waals surface area contributed by atoms with E-state index in [-0.39, 0.29) is 41.1 Å². The van der Waals surface area contributed by atoms with Crippen LogP contribution in [0.5, 0.6) is 11.5 Å². The van der Waals surface area contributed by atoms with Crippen molar-refractivity contribution in [3.8, 4) is 11.5 Å². The van der Waals surface area contributed by atoms with Crippen molar-refractivity contribution < 1.29 is 27.5 Å². The Balaban J connectivity index is 2.12. The highest BCUT2D eigenvalue weighted by Crippen LogP contribution is 2.33. The van der Waals surface area contributed by atoms with Crippen molar-refractivity contribution in [1.29, 1.82) is 0 Å². The summed E-state index contributed by atoms with van der Waals surface area (Å²) in [5, 5.41) is 3.54. The lowest BCUT2D eigenvalue weighted by Gasteiger charge is -2.33. The number of ether oxygens (including phenoxy) is 2. The number of nitrogens with zero attached hydrogens (tertiary/aromatic N) is 2. The second kappa shape index (κ2) is 15.5. The predicted molar refractivity (Wildman–Crippen MR) is 174 cm³/mol. The molecule has 0 aromatic heterocycles. The number of sulfonamides is 1. The van der Waals surface area contributed by atoms with Gasteiger partial charge in [0.2, 0.25) is 11.8 Å². The molecule has 0 aliphatic heterocycles. The molecule has 0 bridgehead atoms. The predicted octanol–water partition coefficient (Wildman–Crippen LogP) is 6.09. The molecular formula is C32H39Cl2N3O6S. The molecule has 0 fully saturated rings. The number of anilines is 1. The van der Waals surface area contributed by atoms with E-state index >= 15 is 0 Å². The van der Waals surface area contributed by atoms with E-state index in [1.165, 1.54) is 37.3 Å². The highest BCUT2D eigenvalue weighted by molar-refractivity contribution is 7.92. The van der Waals surface area contributed by atoms with Gasteiger partial charge in [-0.15, -0.1) is 0 Å². The van der Waals surface area contributed by atoms with E-state index in [1.54, 1.807) is 49.4 Å². The lowest BCUT2D eigenvalue weighted by Crippen LogP contribution is -2.52. The summed E-state index contributed by atoms with van der Waals surface area (Å²) >= 11 is 13.0. The Kier molecular flexibility index (Phi) is 12.3. The number of methoxy groups -OCH3 is 2. The van der Waals surface area contributed by atoms with Crippen LogP contribution < -0.4 is 19.1 Å². The zero-order valence-electron chi connectivity index (χ0n) is 25.8. The quantitative estimate of drug-likeness (QED) is 0.224. The maximum absolute atomic E-state index is 14.3. The standard InChI is InChI=1S/C32H39Cl2N3O6S/c1-7-28(32(39)35-18-21(2)3)36(19-25-26(33)9-8-10-27(25)34)31(38)20-37(23-13-11-22(4)12-14-23)44(40,41)24-15-16-29(42-5)30(17-24)43-6/h8-17,21,28H,7,18-20H2,1-6H3,(H,35,39)/t28-/m1/s1. The molecule has 0 aliphatic rings. The van der Waals surface area contributed by atoms with Crippen LogP contribution in [0.1, 0.15) is 38.3 Å². The van der Waals surface area contributed by atoms with Crippen molar-refractivity contribution in [2.45, 2.75) is 51.6 Å². The summed E-state index contributed by atoms with van der Waals surface area (Å²) in [5.74, 6) is -0.223. The molecular weight excluding hydrogens is 625 g/mol. The molecule has 0 heterocycles. The fourth-order valence-corrected chi connectivity index (χ4v) is 6.49. The third kappa shape index (κ3) is 8.37. The van der Waals surface area contributed by atoms with Crippen LogP contribution in [-0.2, 0) is 26.2 Å². The smallest absolute Gasteiger partial charge is 0.264 e. The number of halogens is 2. The molecule has 44 heavy (non-hydrogen) atoms. The van der Waals surface area contributed by atoms with Gasteiger partial charge >= 0.3 is 0 Å². The van der Waals surface area contributed by atoms with Gasteiger partial charge in [-0.1, -0.05) is 67.7 Å². The van der Waals surface area contributed by atoms with Crippen LogP contribution in [0.25, 0.3) is 0 Å². The highest BCUT2D eigenvalue weighted by atomic mass is 35.5. The number of rotatable bonds is 14. The number of carbonyl (C=O) groups excluding carboxylic acids is 2. The van der Waals surface area contributed by atoms with Crippen molar-refractivity contribution in [2.75, 3.05) is 31.6 Å². The minimum atomic E-state index is -4.32. The molecule has 0 unspecified atom stereocenters. The van der Waals surface area contributed by atoms with Crippen LogP contribution in [0.3, 0.4) is 0 Å². The first kappa shape index (κ1) is 35.0. The Bertz CT molecular complexity index is 1540. The lowest BCUT2D eigenvalue weighted by atomic mass is 10.1. The van der Waals surface area contributed by atoms with Gasteiger partial charge in [-0.25, -0.2) is 8.42 Å². The fourth-order valence-electron chi connectivity index (χ4n) is 4.54. The molecule has 0 aliphatic carbocycles. The van der Waals surface area contributed by atoms with Crippen molar-refractivity contribution >= 4 is 50.7 Å². The van der Waals surface area contributed by atoms with E-state index in [4.69, 9.17) is 32.7 Å². The van der Waals surface area contributed by atoms with E-state index in [1.807, 2.05) is 20.8 Å². The summed E-state index contributed by atoms with van der Waals surface area (Å²) in [4.78, 5) is 28.9. The molecule has 0 radical (unpaired) electrons. The van der Waals surface area contributed by atoms with Gasteiger partial charge in [-0.2, -0.15) is 0 Å². The first-order valence-corrected chi connectivity index (χ1v) is 16.3. The average molecular weight is 665 g/mol. The molecule has 2 amide bonds. The van der Waals surface area contributed by atoms with Gasteiger partial charge < -0.3 is 19.7 Å². The summed E-state index contributed by atoms with van der Waals surface area (Å²) < 4.78 is 40.0. The average Bonchev–Trinajstić information content (AvgIpc) is 2.99. The monoisotopic (exact) mass is 663 g/mol. The van der Waals surface area contributed by atoms with Crippen molar-refractivity contribution in [3.05, 3.63) is 81.8 Å². The normalized spacial score (nSPS) is 12.0. The van der Waals surface area contributed by atoms with Crippen LogP contribution in [0, 0.1) is 12.8 Å². The Morgan fingerprint density at radius 3 is 2.09 bits per heavy atom. The Hall–Kier alpha value is -3.47. The van der Waals surface area contributed by atoms with E-state index in [2.05, 4.69) is 5.32 Å². The number of carbonyl (C=O) groups is 2. The van der Waals surface area contributed by atoms with Crippen LogP contribution in [-0.4, -0.2) is 58.5 Å². The van der Waals surface area contributed by atoms with E-state index in [0.29, 0.717) is 27.9 Å². The van der Waals surface area contributed by atoms with Crippen LogP contribution in [0.2, 0.25) is 10.0 Å². The second-order valence-electron chi connectivity index (χ2n) is 10.6. The number of aryl methyl sites for hydroxylation is 1. The van der Waals surface area contributed by atoms with E-state index in [9.17, 15) is 18.0 Å². The Morgan fingerprint density at radius 2 is 1.55 bits per heavy atom. The third-order valence-corrected chi connectivity index (χ3v) is 9.48. The summed E-state index contributed by atoms with van der Waals surface area (Å²) in [7, 11) is -1.46. The van der Waals surface area contributed by atoms with Gasteiger partial charge in [0.1, 0.15) is 12.6 Å². The number of amides is 2. The van der Waals surface area contributed by atoms with Crippen molar-refractivity contribution in [3.63, 3.8) is 0 Å². The van der Waals surface area contributed by atoms with E-state index < -0.39 is 28.5 Å². The van der Waals surface area contributed by atoms with Gasteiger partial charge in [0.15, 0.2) is 11.5 Å². The molecule has 0 saturated carbocycles. The van der Waals surface area contributed by atoms with Gasteiger partial charge in [0.25, 0.3) is 10.0 Å². The molecule has 3 aromatic carbocycles. The van der Waals surface area contributed by atoms with Crippen LogP contribution >= 0.6 is 23.2 Å². The SMILES string of the molecule is CC[C@H](C(=O)NCC(C)C)N(Cc1c(Cl)cccc1Cl)C(=O)CN(c1ccc(C)cc1)S(=O)(=O)c1ccc(OC)c(OC)c1. The molecule has 1 N–H and O–H groups in total. The summed E-state index contributed by atoms with van der Waals surface area (Å²) in [6, 6.07) is 15.0. The summed E-state index contributed by atoms with van der Waals surface area (Å²) in [6.45, 7) is 7.29. The number of hydrogen-bond donors (Lipinski definition) is 1. The second-order valence-corrected chi connectivity index (χ2v) is 13.3. The van der Waals surface area contributed by atoms with Crippen LogP contribution in [0.4, 0.5) is 5.69 Å². The molecule has 3 aromatic rings. The van der Waals surface area contributed by atoms with Crippen LogP contribution in [0.15, 0.2) is 65.6 Å². The van der Waals surface area contributed by atoms with Gasteiger partial charge in [-0.05, 0) is 55.7 Å². The highest BCUT2D eigenvalue weighted by Gasteiger charge is 2.34. The van der Waals surface area contributed by atoms with Gasteiger partial charge in [-0.3, -0.25) is 13.9 Å². The van der Waals surface area contributed by atoms with Crippen molar-refractivity contribution in [1.82, 2.24) is 10.2 Å². The minimum absolute atomic E-state index is 0.106. The maximum Gasteiger partial charge on any atom is 0.264 e. The molecule has 9 nitrogen and oxygen atoms in total. The molecule has 3 rings (SSSR count). The number of nitrogens with one attached hydrogen (secondary N) is 1. The largest absolute Gasteiger partial charge is 0.493 e.